The van der Waals surface area contributed by atoms with Crippen LogP contribution in [-0.4, -0.2) is 43.9 Å². The number of alkyl halides is 9. The van der Waals surface area contributed by atoms with E-state index in [1.807, 2.05) is 0 Å². The van der Waals surface area contributed by atoms with Gasteiger partial charge in [0.1, 0.15) is 0 Å². The number of rotatable bonds is 4. The lowest BCUT2D eigenvalue weighted by Crippen LogP contribution is -2.63. The predicted molar refractivity (Wildman–Crippen MR) is 69.5 cm³/mol. The van der Waals surface area contributed by atoms with Crippen LogP contribution in [0.4, 0.5) is 39.5 Å². The molecule has 0 saturated carbocycles. The zero-order valence-corrected chi connectivity index (χ0v) is 13.7. The maximum absolute atomic E-state index is 14.0. The number of halogens is 9. The Kier molecular flexibility index (Phi) is 4.56. The summed E-state index contributed by atoms with van der Waals surface area (Å²) < 4.78 is 147. The summed E-state index contributed by atoms with van der Waals surface area (Å²) in [5, 5.41) is -6.72. The van der Waals surface area contributed by atoms with Crippen molar-refractivity contribution < 1.29 is 52.7 Å². The van der Waals surface area contributed by atoms with Crippen LogP contribution in [0.2, 0.25) is 0 Å². The molecule has 2 aliphatic heterocycles. The van der Waals surface area contributed by atoms with Gasteiger partial charge in [0, 0.05) is 5.92 Å². The van der Waals surface area contributed by atoms with Crippen molar-refractivity contribution in [2.24, 2.45) is 5.92 Å². The van der Waals surface area contributed by atoms with Gasteiger partial charge in [0.15, 0.2) is 0 Å². The van der Waals surface area contributed by atoms with E-state index in [1.165, 1.54) is 12.2 Å². The Balaban J connectivity index is 2.63. The summed E-state index contributed by atoms with van der Waals surface area (Å²) in [4.78, 5) is -1.34. The summed E-state index contributed by atoms with van der Waals surface area (Å²) in [6, 6.07) is 0. The SMILES string of the molecule is CC1=C(S(=O)(=O)C(F)(F)C(F)(F)C(F)(F)C(F)(F)F)[C@@H](C)[C@H]2C=C[C@@H]1O2. The van der Waals surface area contributed by atoms with Crippen molar-refractivity contribution >= 4 is 9.84 Å². The summed E-state index contributed by atoms with van der Waals surface area (Å²) in [5.41, 5.74) is -0.492. The van der Waals surface area contributed by atoms with Gasteiger partial charge in [-0.2, -0.15) is 39.5 Å². The molecule has 0 aromatic rings. The van der Waals surface area contributed by atoms with Crippen LogP contribution in [0.15, 0.2) is 22.6 Å². The van der Waals surface area contributed by atoms with E-state index in [1.54, 1.807) is 0 Å². The summed E-state index contributed by atoms with van der Waals surface area (Å²) in [7, 11) is -6.59. The Labute approximate surface area is 141 Å². The van der Waals surface area contributed by atoms with Crippen molar-refractivity contribution in [2.45, 2.75) is 49.3 Å². The first kappa shape index (κ1) is 21.1. The summed E-state index contributed by atoms with van der Waals surface area (Å²) >= 11 is 0. The highest BCUT2D eigenvalue weighted by atomic mass is 32.2. The van der Waals surface area contributed by atoms with Crippen LogP contribution < -0.4 is 0 Å². The van der Waals surface area contributed by atoms with E-state index in [4.69, 9.17) is 4.74 Å². The van der Waals surface area contributed by atoms with Gasteiger partial charge in [-0.3, -0.25) is 0 Å². The van der Waals surface area contributed by atoms with Crippen LogP contribution in [0.25, 0.3) is 0 Å². The fraction of sp³-hybridized carbons (Fsp3) is 0.692. The normalized spacial score (nSPS) is 28.0. The lowest BCUT2D eigenvalue weighted by molar-refractivity contribution is -0.382. The minimum absolute atomic E-state index is 0.492. The van der Waals surface area contributed by atoms with Gasteiger partial charge in [0.25, 0.3) is 0 Å². The quantitative estimate of drug-likeness (QED) is 0.511. The first-order valence-corrected chi connectivity index (χ1v) is 8.39. The number of fused-ring (bicyclic) bond motifs is 2. The first-order valence-electron chi connectivity index (χ1n) is 6.90. The maximum atomic E-state index is 14.0. The Bertz CT molecular complexity index is 764. The van der Waals surface area contributed by atoms with Crippen molar-refractivity contribution in [3.63, 3.8) is 0 Å². The predicted octanol–water partition coefficient (Wildman–Crippen LogP) is 4.07. The minimum atomic E-state index is -7.28. The van der Waals surface area contributed by atoms with Crippen molar-refractivity contribution in [2.75, 3.05) is 0 Å². The van der Waals surface area contributed by atoms with Crippen LogP contribution in [0.5, 0.6) is 0 Å². The number of hydrogen-bond acceptors (Lipinski definition) is 3. The number of sulfone groups is 1. The van der Waals surface area contributed by atoms with Gasteiger partial charge in [0.2, 0.25) is 9.84 Å². The largest absolute Gasteiger partial charge is 0.460 e. The number of ether oxygens (including phenoxy) is 1. The van der Waals surface area contributed by atoms with Gasteiger partial charge < -0.3 is 4.74 Å². The van der Waals surface area contributed by atoms with Gasteiger partial charge in [0.05, 0.1) is 17.1 Å². The topological polar surface area (TPSA) is 43.4 Å². The van der Waals surface area contributed by atoms with E-state index in [0.29, 0.717) is 0 Å². The monoisotopic (exact) mass is 418 g/mol. The molecule has 0 aromatic heterocycles. The lowest BCUT2D eigenvalue weighted by atomic mass is 9.99. The number of hydrogen-bond donors (Lipinski definition) is 0. The molecule has 2 bridgehead atoms. The molecule has 0 saturated heterocycles. The molecular formula is C13H11F9O3S. The molecule has 3 atom stereocenters. The average molecular weight is 418 g/mol. The Morgan fingerprint density at radius 2 is 1.42 bits per heavy atom. The average Bonchev–Trinajstić information content (AvgIpc) is 2.90. The third-order valence-corrected chi connectivity index (χ3v) is 6.45. The second-order valence-corrected chi connectivity index (χ2v) is 7.87. The third kappa shape index (κ3) is 2.49. The van der Waals surface area contributed by atoms with Crippen LogP contribution in [0.1, 0.15) is 13.8 Å². The summed E-state index contributed by atoms with van der Waals surface area (Å²) in [6.07, 6.45) is -6.92. The highest BCUT2D eigenvalue weighted by Crippen LogP contribution is 2.57. The third-order valence-electron chi connectivity index (χ3n) is 4.24. The zero-order valence-electron chi connectivity index (χ0n) is 12.9. The minimum Gasteiger partial charge on any atom is -0.362 e. The lowest BCUT2D eigenvalue weighted by Gasteiger charge is -2.37. The van der Waals surface area contributed by atoms with Gasteiger partial charge >= 0.3 is 23.3 Å². The van der Waals surface area contributed by atoms with Crippen LogP contribution in [-0.2, 0) is 14.6 Å². The van der Waals surface area contributed by atoms with Crippen molar-refractivity contribution in [1.82, 2.24) is 0 Å². The smallest absolute Gasteiger partial charge is 0.362 e. The van der Waals surface area contributed by atoms with Gasteiger partial charge in [-0.15, -0.1) is 0 Å². The van der Waals surface area contributed by atoms with E-state index < -0.39 is 61.7 Å². The first-order chi connectivity index (χ1) is 11.4. The van der Waals surface area contributed by atoms with Crippen molar-refractivity contribution in [3.05, 3.63) is 22.6 Å². The second kappa shape index (κ2) is 5.63. The fourth-order valence-electron chi connectivity index (χ4n) is 2.77. The summed E-state index contributed by atoms with van der Waals surface area (Å²) in [6.45, 7) is 1.92. The van der Waals surface area contributed by atoms with E-state index in [2.05, 4.69) is 0 Å². The molecular weight excluding hydrogens is 407 g/mol. The van der Waals surface area contributed by atoms with E-state index in [0.717, 1.165) is 13.8 Å². The molecule has 0 unspecified atom stereocenters. The molecule has 0 spiro atoms. The van der Waals surface area contributed by atoms with Crippen LogP contribution >= 0.6 is 0 Å². The molecule has 2 heterocycles. The Hall–Kier alpha value is -1.24. The van der Waals surface area contributed by atoms with Crippen LogP contribution in [0, 0.1) is 5.92 Å². The van der Waals surface area contributed by atoms with Crippen molar-refractivity contribution in [3.8, 4) is 0 Å². The maximum Gasteiger partial charge on any atom is 0.460 e. The highest BCUT2D eigenvalue weighted by Gasteiger charge is 2.85. The Morgan fingerprint density at radius 1 is 0.923 bits per heavy atom. The fourth-order valence-corrected chi connectivity index (χ4v) is 4.68. The molecule has 2 rings (SSSR count). The standard InChI is InChI=1S/C13H11F9O3S/c1-5-7-3-4-8(25-7)6(2)9(5)26(23,24)13(21,22)11(16,17)10(14,15)12(18,19)20/h3-5,7-8H,1-2H3/t5-,7+,8-/m0/s1. The molecule has 26 heavy (non-hydrogen) atoms. The van der Waals surface area contributed by atoms with Gasteiger partial charge in [-0.05, 0) is 12.5 Å². The molecule has 2 aliphatic rings. The molecule has 0 fully saturated rings. The molecule has 0 aliphatic carbocycles. The van der Waals surface area contributed by atoms with Crippen molar-refractivity contribution in [1.29, 1.82) is 0 Å². The zero-order chi connectivity index (χ0) is 20.5. The molecule has 3 nitrogen and oxygen atoms in total. The van der Waals surface area contributed by atoms with Gasteiger partial charge in [-0.1, -0.05) is 19.1 Å². The molecule has 0 amide bonds. The highest BCUT2D eigenvalue weighted by molar-refractivity contribution is 7.96. The van der Waals surface area contributed by atoms with Crippen LogP contribution in [0.3, 0.4) is 0 Å². The van der Waals surface area contributed by atoms with E-state index >= 15 is 0 Å². The molecule has 0 N–H and O–H groups in total. The second-order valence-electron chi connectivity index (χ2n) is 5.91. The molecule has 13 heteroatoms. The molecule has 0 aromatic carbocycles. The van der Waals surface area contributed by atoms with E-state index in [9.17, 15) is 47.9 Å². The van der Waals surface area contributed by atoms with E-state index in [-0.39, 0.29) is 0 Å². The summed E-state index contributed by atoms with van der Waals surface area (Å²) in [5.74, 6) is -16.0. The van der Waals surface area contributed by atoms with Gasteiger partial charge in [-0.25, -0.2) is 8.42 Å². The Morgan fingerprint density at radius 3 is 1.88 bits per heavy atom. The molecule has 0 radical (unpaired) electrons. The molecule has 150 valence electrons.